The van der Waals surface area contributed by atoms with E-state index in [0.29, 0.717) is 12.3 Å². The van der Waals surface area contributed by atoms with Gasteiger partial charge in [0.25, 0.3) is 0 Å². The average Bonchev–Trinajstić information content (AvgIpc) is 2.68. The van der Waals surface area contributed by atoms with Crippen molar-refractivity contribution < 1.29 is 9.90 Å². The standard InChI is InChI=1S/C12H18N2O2/c1-2-11-13-8-10-7-9(3-4-12(15)16)5-6-14(10)11/h8-9H,2-7H2,1H3,(H,15,16). The molecule has 0 aromatic carbocycles. The number of rotatable bonds is 4. The molecule has 0 saturated carbocycles. The number of imidazole rings is 1. The maximum Gasteiger partial charge on any atom is 0.303 e. The second-order valence-corrected chi connectivity index (χ2v) is 4.46. The number of carboxylic acid groups (broad SMARTS) is 1. The van der Waals surface area contributed by atoms with E-state index in [1.165, 1.54) is 5.69 Å². The van der Waals surface area contributed by atoms with Gasteiger partial charge in [-0.25, -0.2) is 4.98 Å². The molecule has 4 nitrogen and oxygen atoms in total. The van der Waals surface area contributed by atoms with Gasteiger partial charge >= 0.3 is 5.97 Å². The average molecular weight is 222 g/mol. The Balaban J connectivity index is 1.98. The van der Waals surface area contributed by atoms with E-state index in [2.05, 4.69) is 16.5 Å². The minimum atomic E-state index is -0.687. The van der Waals surface area contributed by atoms with Crippen LogP contribution in [0.2, 0.25) is 0 Å². The van der Waals surface area contributed by atoms with Gasteiger partial charge in [0, 0.05) is 31.3 Å². The van der Waals surface area contributed by atoms with Crippen molar-refractivity contribution in [3.63, 3.8) is 0 Å². The van der Waals surface area contributed by atoms with E-state index in [0.717, 1.165) is 38.1 Å². The Labute approximate surface area is 95.3 Å². The highest BCUT2D eigenvalue weighted by Gasteiger charge is 2.21. The van der Waals surface area contributed by atoms with Crippen LogP contribution < -0.4 is 0 Å². The van der Waals surface area contributed by atoms with Gasteiger partial charge in [-0.3, -0.25) is 4.79 Å². The third kappa shape index (κ3) is 2.26. The Kier molecular flexibility index (Phi) is 3.27. The summed E-state index contributed by atoms with van der Waals surface area (Å²) in [4.78, 5) is 14.9. The van der Waals surface area contributed by atoms with E-state index in [-0.39, 0.29) is 0 Å². The summed E-state index contributed by atoms with van der Waals surface area (Å²) < 4.78 is 2.29. The lowest BCUT2D eigenvalue weighted by Crippen LogP contribution is -2.20. The van der Waals surface area contributed by atoms with Crippen LogP contribution in [0.4, 0.5) is 0 Å². The number of fused-ring (bicyclic) bond motifs is 1. The number of carboxylic acids is 1. The molecular weight excluding hydrogens is 204 g/mol. The Hall–Kier alpha value is -1.32. The number of hydrogen-bond acceptors (Lipinski definition) is 2. The Morgan fingerprint density at radius 2 is 2.50 bits per heavy atom. The number of hydrogen-bond donors (Lipinski definition) is 1. The SMILES string of the molecule is CCc1ncc2n1CCC(CCC(=O)O)C2. The highest BCUT2D eigenvalue weighted by molar-refractivity contribution is 5.66. The smallest absolute Gasteiger partial charge is 0.303 e. The highest BCUT2D eigenvalue weighted by Crippen LogP contribution is 2.25. The first kappa shape index (κ1) is 11.2. The van der Waals surface area contributed by atoms with Crippen LogP contribution in [0, 0.1) is 5.92 Å². The maximum atomic E-state index is 10.5. The van der Waals surface area contributed by atoms with E-state index in [4.69, 9.17) is 5.11 Å². The second-order valence-electron chi connectivity index (χ2n) is 4.46. The molecule has 1 N–H and O–H groups in total. The minimum Gasteiger partial charge on any atom is -0.481 e. The second kappa shape index (κ2) is 4.68. The van der Waals surface area contributed by atoms with Crippen molar-refractivity contribution >= 4 is 5.97 Å². The van der Waals surface area contributed by atoms with Crippen LogP contribution in [0.25, 0.3) is 0 Å². The molecule has 1 aliphatic heterocycles. The zero-order valence-corrected chi connectivity index (χ0v) is 9.65. The summed E-state index contributed by atoms with van der Waals surface area (Å²) in [5, 5.41) is 8.66. The van der Waals surface area contributed by atoms with Crippen LogP contribution in [0.3, 0.4) is 0 Å². The van der Waals surface area contributed by atoms with Crippen molar-refractivity contribution in [3.8, 4) is 0 Å². The molecule has 1 atom stereocenters. The molecule has 0 fully saturated rings. The fourth-order valence-corrected chi connectivity index (χ4v) is 2.46. The van der Waals surface area contributed by atoms with Crippen molar-refractivity contribution in [2.24, 2.45) is 5.92 Å². The minimum absolute atomic E-state index is 0.291. The summed E-state index contributed by atoms with van der Waals surface area (Å²) in [7, 11) is 0. The van der Waals surface area contributed by atoms with E-state index in [1.807, 2.05) is 6.20 Å². The fourth-order valence-electron chi connectivity index (χ4n) is 2.46. The monoisotopic (exact) mass is 222 g/mol. The van der Waals surface area contributed by atoms with E-state index >= 15 is 0 Å². The molecule has 88 valence electrons. The topological polar surface area (TPSA) is 55.1 Å². The summed E-state index contributed by atoms with van der Waals surface area (Å²) in [5.41, 5.74) is 1.28. The first-order chi connectivity index (χ1) is 7.70. The molecule has 0 radical (unpaired) electrons. The van der Waals surface area contributed by atoms with Gasteiger partial charge in [-0.05, 0) is 25.2 Å². The first-order valence-electron chi connectivity index (χ1n) is 5.95. The quantitative estimate of drug-likeness (QED) is 0.846. The van der Waals surface area contributed by atoms with Crippen molar-refractivity contribution in [2.45, 2.75) is 45.6 Å². The van der Waals surface area contributed by atoms with Gasteiger partial charge in [-0.2, -0.15) is 0 Å². The zero-order chi connectivity index (χ0) is 11.5. The summed E-state index contributed by atoms with van der Waals surface area (Å²) in [5.74, 6) is 0.991. The summed E-state index contributed by atoms with van der Waals surface area (Å²) in [6.07, 6.45) is 6.08. The van der Waals surface area contributed by atoms with E-state index in [9.17, 15) is 4.79 Å². The summed E-state index contributed by atoms with van der Waals surface area (Å²) >= 11 is 0. The lowest BCUT2D eigenvalue weighted by atomic mass is 9.92. The van der Waals surface area contributed by atoms with Gasteiger partial charge in [-0.15, -0.1) is 0 Å². The van der Waals surface area contributed by atoms with Gasteiger partial charge in [0.2, 0.25) is 0 Å². The summed E-state index contributed by atoms with van der Waals surface area (Å²) in [6.45, 7) is 3.12. The van der Waals surface area contributed by atoms with Gasteiger partial charge in [0.1, 0.15) is 5.82 Å². The molecule has 1 aromatic rings. The molecule has 2 heterocycles. The number of aliphatic carboxylic acids is 1. The molecule has 2 rings (SSSR count). The van der Waals surface area contributed by atoms with Crippen LogP contribution in [-0.2, 0) is 24.2 Å². The van der Waals surface area contributed by atoms with Crippen molar-refractivity contribution in [1.29, 1.82) is 0 Å². The maximum absolute atomic E-state index is 10.5. The Morgan fingerprint density at radius 3 is 3.19 bits per heavy atom. The molecule has 0 saturated heterocycles. The number of aromatic nitrogens is 2. The fraction of sp³-hybridized carbons (Fsp3) is 0.667. The molecular formula is C12H18N2O2. The predicted molar refractivity (Wildman–Crippen MR) is 60.3 cm³/mol. The molecule has 4 heteroatoms. The van der Waals surface area contributed by atoms with Gasteiger partial charge in [0.05, 0.1) is 0 Å². The van der Waals surface area contributed by atoms with Crippen LogP contribution in [0.5, 0.6) is 0 Å². The first-order valence-corrected chi connectivity index (χ1v) is 5.95. The molecule has 0 amide bonds. The Morgan fingerprint density at radius 1 is 1.69 bits per heavy atom. The molecule has 0 bridgehead atoms. The number of carbonyl (C=O) groups is 1. The van der Waals surface area contributed by atoms with Crippen LogP contribution in [0.15, 0.2) is 6.20 Å². The van der Waals surface area contributed by atoms with E-state index in [1.54, 1.807) is 0 Å². The van der Waals surface area contributed by atoms with Crippen molar-refractivity contribution in [3.05, 3.63) is 17.7 Å². The third-order valence-electron chi connectivity index (χ3n) is 3.36. The molecule has 16 heavy (non-hydrogen) atoms. The molecule has 1 unspecified atom stereocenters. The van der Waals surface area contributed by atoms with Gasteiger partial charge in [-0.1, -0.05) is 6.92 Å². The normalized spacial score (nSPS) is 19.4. The number of aryl methyl sites for hydroxylation is 1. The Bertz CT molecular complexity index is 384. The molecule has 0 aliphatic carbocycles. The zero-order valence-electron chi connectivity index (χ0n) is 9.65. The number of nitrogens with zero attached hydrogens (tertiary/aromatic N) is 2. The van der Waals surface area contributed by atoms with E-state index < -0.39 is 5.97 Å². The molecule has 1 aromatic heterocycles. The predicted octanol–water partition coefficient (Wildman–Crippen LogP) is 1.87. The highest BCUT2D eigenvalue weighted by atomic mass is 16.4. The molecule has 1 aliphatic rings. The van der Waals surface area contributed by atoms with Crippen LogP contribution >= 0.6 is 0 Å². The largest absolute Gasteiger partial charge is 0.481 e. The molecule has 0 spiro atoms. The van der Waals surface area contributed by atoms with Crippen molar-refractivity contribution in [1.82, 2.24) is 9.55 Å². The third-order valence-corrected chi connectivity index (χ3v) is 3.36. The van der Waals surface area contributed by atoms with Crippen LogP contribution in [-0.4, -0.2) is 20.6 Å². The van der Waals surface area contributed by atoms with Gasteiger partial charge < -0.3 is 9.67 Å². The van der Waals surface area contributed by atoms with Crippen LogP contribution in [0.1, 0.15) is 37.7 Å². The lowest BCUT2D eigenvalue weighted by molar-refractivity contribution is -0.137. The summed E-state index contributed by atoms with van der Waals surface area (Å²) in [6, 6.07) is 0. The van der Waals surface area contributed by atoms with Crippen molar-refractivity contribution in [2.75, 3.05) is 0 Å². The van der Waals surface area contributed by atoms with Gasteiger partial charge in [0.15, 0.2) is 0 Å². The lowest BCUT2D eigenvalue weighted by Gasteiger charge is -2.24.